The van der Waals surface area contributed by atoms with E-state index in [9.17, 15) is 4.79 Å². The fraction of sp³-hybridized carbons (Fsp3) is 0. The summed E-state index contributed by atoms with van der Waals surface area (Å²) in [5.74, 6) is -0.376. The minimum Gasteiger partial charge on any atom is -0.345 e. The average Bonchev–Trinajstić information content (AvgIpc) is 2.62. The van der Waals surface area contributed by atoms with Gasteiger partial charge < -0.3 is 10.6 Å². The molecule has 0 bridgehead atoms. The Labute approximate surface area is 138 Å². The van der Waals surface area contributed by atoms with Crippen LogP contribution in [0.2, 0.25) is 0 Å². The quantitative estimate of drug-likeness (QED) is 0.835. The molecule has 0 saturated carbocycles. The van der Waals surface area contributed by atoms with E-state index < -0.39 is 0 Å². The molecule has 7 heteroatoms. The van der Waals surface area contributed by atoms with Crippen LogP contribution in [0.1, 0.15) is 10.5 Å². The van der Waals surface area contributed by atoms with Crippen molar-refractivity contribution in [2.75, 3.05) is 10.6 Å². The van der Waals surface area contributed by atoms with Gasteiger partial charge in [0.25, 0.3) is 5.91 Å². The number of nitriles is 3. The number of hydrogen-bond acceptors (Lipinski definition) is 6. The van der Waals surface area contributed by atoms with Crippen molar-refractivity contribution in [2.45, 2.75) is 0 Å². The normalized spacial score (nSPS) is 8.88. The lowest BCUT2D eigenvalue weighted by molar-refractivity contribution is 0.102. The van der Waals surface area contributed by atoms with E-state index in [0.717, 1.165) is 0 Å². The molecule has 0 aliphatic carbocycles. The van der Waals surface area contributed by atoms with Gasteiger partial charge in [0.15, 0.2) is 5.57 Å². The van der Waals surface area contributed by atoms with Crippen LogP contribution in [-0.2, 0) is 0 Å². The number of nitrogens with zero attached hydrogens (tertiary/aromatic N) is 4. The van der Waals surface area contributed by atoms with Gasteiger partial charge in [0.1, 0.15) is 29.6 Å². The van der Waals surface area contributed by atoms with E-state index in [0.29, 0.717) is 11.4 Å². The van der Waals surface area contributed by atoms with Gasteiger partial charge in [0.05, 0.1) is 0 Å². The number of carbonyl (C=O) groups is 1. The smallest absolute Gasteiger partial charge is 0.274 e. The molecule has 0 saturated heterocycles. The number of carbonyl (C=O) groups excluding carboxylic acids is 1. The summed E-state index contributed by atoms with van der Waals surface area (Å²) in [6.45, 7) is 0. The highest BCUT2D eigenvalue weighted by molar-refractivity contribution is 6.03. The van der Waals surface area contributed by atoms with Crippen LogP contribution in [0.5, 0.6) is 0 Å². The zero-order valence-electron chi connectivity index (χ0n) is 12.3. The van der Waals surface area contributed by atoms with Crippen molar-refractivity contribution < 1.29 is 4.79 Å². The molecule has 0 aliphatic rings. The number of rotatable bonds is 4. The Hall–Kier alpha value is -4.15. The van der Waals surface area contributed by atoms with Crippen molar-refractivity contribution in [3.8, 4) is 18.2 Å². The topological polar surface area (TPSA) is 125 Å². The first-order valence-corrected chi connectivity index (χ1v) is 6.72. The van der Waals surface area contributed by atoms with Gasteiger partial charge in [-0.1, -0.05) is 12.1 Å². The molecule has 24 heavy (non-hydrogen) atoms. The summed E-state index contributed by atoms with van der Waals surface area (Å²) in [6.07, 6.45) is 1.52. The molecule has 1 amide bonds. The number of aromatic nitrogens is 1. The van der Waals surface area contributed by atoms with E-state index >= 15 is 0 Å². The Morgan fingerprint density at radius 3 is 2.21 bits per heavy atom. The second-order valence-corrected chi connectivity index (χ2v) is 4.46. The molecule has 2 N–H and O–H groups in total. The lowest BCUT2D eigenvalue weighted by atomic mass is 10.2. The number of nitrogens with one attached hydrogen (secondary N) is 2. The summed E-state index contributed by atoms with van der Waals surface area (Å²) < 4.78 is 0. The van der Waals surface area contributed by atoms with Crippen molar-refractivity contribution in [1.82, 2.24) is 4.98 Å². The third kappa shape index (κ3) is 3.94. The van der Waals surface area contributed by atoms with Crippen molar-refractivity contribution in [3.63, 3.8) is 0 Å². The summed E-state index contributed by atoms with van der Waals surface area (Å²) in [5, 5.41) is 32.0. The number of amides is 1. The number of hydrogen-bond donors (Lipinski definition) is 2. The number of anilines is 2. The summed E-state index contributed by atoms with van der Waals surface area (Å²) in [7, 11) is 0. The van der Waals surface area contributed by atoms with Crippen LogP contribution < -0.4 is 10.6 Å². The predicted octanol–water partition coefficient (Wildman–Crippen LogP) is 2.57. The first-order chi connectivity index (χ1) is 11.7. The number of pyridine rings is 1. The molecule has 1 aromatic heterocycles. The molecule has 1 aromatic carbocycles. The summed E-state index contributed by atoms with van der Waals surface area (Å²) in [5.41, 5.74) is 0.718. The molecule has 7 nitrogen and oxygen atoms in total. The Balaban J connectivity index is 2.20. The van der Waals surface area contributed by atoms with Crippen LogP contribution in [-0.4, -0.2) is 10.9 Å². The predicted molar refractivity (Wildman–Crippen MR) is 86.1 cm³/mol. The van der Waals surface area contributed by atoms with Gasteiger partial charge in [-0.05, 0) is 30.3 Å². The Morgan fingerprint density at radius 2 is 1.62 bits per heavy atom. The second kappa shape index (κ2) is 7.74. The van der Waals surface area contributed by atoms with Crippen molar-refractivity contribution in [1.29, 1.82) is 15.8 Å². The van der Waals surface area contributed by atoms with E-state index in [1.807, 2.05) is 0 Å². The Morgan fingerprint density at radius 1 is 0.917 bits per heavy atom. The lowest BCUT2D eigenvalue weighted by Gasteiger charge is -2.08. The molecule has 0 spiro atoms. The molecular formula is C17H10N6O. The second-order valence-electron chi connectivity index (χ2n) is 4.46. The molecule has 0 fully saturated rings. The average molecular weight is 314 g/mol. The molecule has 0 radical (unpaired) electrons. The molecule has 114 valence electrons. The monoisotopic (exact) mass is 314 g/mol. The van der Waals surface area contributed by atoms with Crippen LogP contribution in [0.3, 0.4) is 0 Å². The SMILES string of the molecule is N#CC(C#N)=C(C#N)Nc1cccc(NC(=O)c2ccccn2)c1. The summed E-state index contributed by atoms with van der Waals surface area (Å²) in [6, 6.07) is 16.6. The van der Waals surface area contributed by atoms with E-state index in [2.05, 4.69) is 15.6 Å². The maximum atomic E-state index is 12.1. The third-order valence-electron chi connectivity index (χ3n) is 2.87. The van der Waals surface area contributed by atoms with Gasteiger partial charge in [-0.3, -0.25) is 9.78 Å². The molecule has 0 atom stereocenters. The van der Waals surface area contributed by atoms with E-state index in [4.69, 9.17) is 15.8 Å². The third-order valence-corrected chi connectivity index (χ3v) is 2.87. The highest BCUT2D eigenvalue weighted by atomic mass is 16.1. The molecular weight excluding hydrogens is 304 g/mol. The maximum absolute atomic E-state index is 12.1. The van der Waals surface area contributed by atoms with Gasteiger partial charge in [-0.15, -0.1) is 0 Å². The standard InChI is InChI=1S/C17H10N6O/c18-9-12(10-19)16(11-20)22-13-4-3-5-14(8-13)23-17(24)15-6-1-2-7-21-15/h1-8,22H,(H,23,24). The van der Waals surface area contributed by atoms with Crippen LogP contribution in [0, 0.1) is 34.0 Å². The highest BCUT2D eigenvalue weighted by Crippen LogP contribution is 2.18. The molecule has 2 aromatic rings. The fourth-order valence-corrected chi connectivity index (χ4v) is 1.79. The molecule has 2 rings (SSSR count). The minimum absolute atomic E-state index is 0.159. The summed E-state index contributed by atoms with van der Waals surface area (Å²) >= 11 is 0. The molecule has 0 aliphatic heterocycles. The first-order valence-electron chi connectivity index (χ1n) is 6.72. The van der Waals surface area contributed by atoms with Gasteiger partial charge >= 0.3 is 0 Å². The Bertz CT molecular complexity index is 897. The molecule has 1 heterocycles. The molecule has 0 unspecified atom stereocenters. The Kier molecular flexibility index (Phi) is 5.23. The van der Waals surface area contributed by atoms with E-state index in [-0.39, 0.29) is 22.9 Å². The van der Waals surface area contributed by atoms with Gasteiger partial charge in [-0.2, -0.15) is 15.8 Å². The minimum atomic E-state index is -0.376. The zero-order chi connectivity index (χ0) is 17.4. The zero-order valence-corrected chi connectivity index (χ0v) is 12.3. The van der Waals surface area contributed by atoms with Crippen LogP contribution in [0.4, 0.5) is 11.4 Å². The van der Waals surface area contributed by atoms with Crippen molar-refractivity contribution >= 4 is 17.3 Å². The largest absolute Gasteiger partial charge is 0.345 e. The number of benzene rings is 1. The van der Waals surface area contributed by atoms with E-state index in [1.165, 1.54) is 6.20 Å². The fourth-order valence-electron chi connectivity index (χ4n) is 1.79. The van der Waals surface area contributed by atoms with Crippen molar-refractivity contribution in [2.24, 2.45) is 0 Å². The van der Waals surface area contributed by atoms with Crippen LogP contribution in [0.25, 0.3) is 0 Å². The highest BCUT2D eigenvalue weighted by Gasteiger charge is 2.09. The number of allylic oxidation sites excluding steroid dienone is 2. The lowest BCUT2D eigenvalue weighted by Crippen LogP contribution is -2.13. The maximum Gasteiger partial charge on any atom is 0.274 e. The summed E-state index contributed by atoms with van der Waals surface area (Å²) in [4.78, 5) is 16.0. The van der Waals surface area contributed by atoms with Gasteiger partial charge in [-0.25, -0.2) is 0 Å². The van der Waals surface area contributed by atoms with E-state index in [1.54, 1.807) is 60.7 Å². The van der Waals surface area contributed by atoms with Crippen LogP contribution in [0.15, 0.2) is 59.9 Å². The first kappa shape index (κ1) is 16.2. The van der Waals surface area contributed by atoms with Gasteiger partial charge in [0, 0.05) is 17.6 Å². The van der Waals surface area contributed by atoms with Gasteiger partial charge in [0.2, 0.25) is 0 Å². The van der Waals surface area contributed by atoms with Crippen molar-refractivity contribution in [3.05, 3.63) is 65.6 Å². The van der Waals surface area contributed by atoms with Crippen LogP contribution >= 0.6 is 0 Å².